The molecule has 3 heterocycles. The van der Waals surface area contributed by atoms with Crippen molar-refractivity contribution in [1.29, 1.82) is 0 Å². The Morgan fingerprint density at radius 1 is 1.46 bits per heavy atom. The number of fused-ring (bicyclic) bond motifs is 2. The highest BCUT2D eigenvalue weighted by atomic mass is 35.5. The van der Waals surface area contributed by atoms with Crippen LogP contribution in [0.1, 0.15) is 13.3 Å². The second-order valence-corrected chi connectivity index (χ2v) is 7.58. The maximum Gasteiger partial charge on any atom is 0.511 e. The highest BCUT2D eigenvalue weighted by Gasteiger charge is 2.38. The number of anilines is 1. The number of aryl methyl sites for hydroxylation is 1. The van der Waals surface area contributed by atoms with Crippen LogP contribution in [0, 0.1) is 11.8 Å². The molecule has 4 rings (SSSR count). The van der Waals surface area contributed by atoms with Crippen molar-refractivity contribution in [2.45, 2.75) is 25.9 Å². The molecule has 3 atom stereocenters. The number of halogens is 1. The Labute approximate surface area is 166 Å². The molecule has 0 radical (unpaired) electrons. The van der Waals surface area contributed by atoms with Gasteiger partial charge in [-0.05, 0) is 25.2 Å². The Kier molecular flexibility index (Phi) is 4.76. The molecule has 1 fully saturated rings. The van der Waals surface area contributed by atoms with E-state index in [1.165, 1.54) is 12.4 Å². The van der Waals surface area contributed by atoms with E-state index >= 15 is 0 Å². The maximum atomic E-state index is 12.6. The van der Waals surface area contributed by atoms with Gasteiger partial charge in [0.05, 0.1) is 17.1 Å². The molecule has 1 aliphatic heterocycles. The van der Waals surface area contributed by atoms with E-state index in [4.69, 9.17) is 22.4 Å². The van der Waals surface area contributed by atoms with E-state index < -0.39 is 11.6 Å². The summed E-state index contributed by atoms with van der Waals surface area (Å²) in [7, 11) is 0. The summed E-state index contributed by atoms with van der Waals surface area (Å²) in [5, 5.41) is 9.46. The number of rotatable bonds is 3. The van der Waals surface area contributed by atoms with Crippen LogP contribution in [0.25, 0.3) is 10.9 Å². The molecule has 0 unspecified atom stereocenters. The minimum atomic E-state index is -1.54. The zero-order chi connectivity index (χ0) is 20.0. The van der Waals surface area contributed by atoms with Gasteiger partial charge in [0.1, 0.15) is 10.8 Å². The highest BCUT2D eigenvalue weighted by molar-refractivity contribution is 6.37. The molecule has 3 N–H and O–H groups in total. The number of hydrogen-bond donors (Lipinski definition) is 2. The highest BCUT2D eigenvalue weighted by Crippen LogP contribution is 2.38. The Balaban J connectivity index is 1.79. The van der Waals surface area contributed by atoms with Gasteiger partial charge in [-0.3, -0.25) is 4.79 Å². The average Bonchev–Trinajstić information content (AvgIpc) is 3.09. The number of nitrogens with two attached hydrogens (primary N) is 1. The number of carbonyl (C=O) groups is 1. The van der Waals surface area contributed by atoms with Crippen molar-refractivity contribution in [3.05, 3.63) is 39.8 Å². The SMILES string of the molecule is CCn1cc(OC(=O)O)c(=O)c2cnc(N3C[C@H]4CC=C[C@@H](N)[C@H]4C3)c(Cl)c21. The monoisotopic (exact) mass is 404 g/mol. The van der Waals surface area contributed by atoms with Gasteiger partial charge in [-0.15, -0.1) is 0 Å². The lowest BCUT2D eigenvalue weighted by atomic mass is 9.83. The molecule has 0 saturated carbocycles. The lowest BCUT2D eigenvalue weighted by Gasteiger charge is -2.25. The van der Waals surface area contributed by atoms with E-state index in [0.717, 1.165) is 19.5 Å². The molecule has 2 aliphatic rings. The Morgan fingerprint density at radius 3 is 2.93 bits per heavy atom. The van der Waals surface area contributed by atoms with Crippen LogP contribution >= 0.6 is 11.6 Å². The number of carboxylic acid groups (broad SMARTS) is 1. The zero-order valence-electron chi connectivity index (χ0n) is 15.3. The van der Waals surface area contributed by atoms with Gasteiger partial charge < -0.3 is 25.0 Å². The summed E-state index contributed by atoms with van der Waals surface area (Å²) in [5.41, 5.74) is 6.21. The molecule has 2 aromatic rings. The predicted molar refractivity (Wildman–Crippen MR) is 106 cm³/mol. The Bertz CT molecular complexity index is 1030. The van der Waals surface area contributed by atoms with E-state index in [0.29, 0.717) is 34.7 Å². The topological polar surface area (TPSA) is 111 Å². The molecule has 1 aliphatic carbocycles. The van der Waals surface area contributed by atoms with E-state index in [9.17, 15) is 9.59 Å². The van der Waals surface area contributed by atoms with Crippen LogP contribution < -0.4 is 20.8 Å². The second-order valence-electron chi connectivity index (χ2n) is 7.20. The standard InChI is InChI=1S/C19H21ClN4O4/c1-2-23-9-14(28-19(26)27)17(25)11-6-22-18(15(20)16(11)23)24-7-10-4-3-5-13(21)12(10)8-24/h3,5-6,9-10,12-13H,2,4,7-8,21H2,1H3,(H,26,27)/t10-,12+,13-/m1/s1. The van der Waals surface area contributed by atoms with Crippen molar-refractivity contribution in [1.82, 2.24) is 9.55 Å². The summed E-state index contributed by atoms with van der Waals surface area (Å²) in [5.74, 6) is 1.15. The molecule has 148 valence electrons. The summed E-state index contributed by atoms with van der Waals surface area (Å²) < 4.78 is 6.33. The van der Waals surface area contributed by atoms with Crippen LogP contribution in [0.15, 0.2) is 29.3 Å². The molecular formula is C19H21ClN4O4. The minimum Gasteiger partial charge on any atom is -0.449 e. The molecule has 2 aromatic heterocycles. The third-order valence-electron chi connectivity index (χ3n) is 5.62. The van der Waals surface area contributed by atoms with Crippen molar-refractivity contribution in [3.63, 3.8) is 0 Å². The van der Waals surface area contributed by atoms with Gasteiger partial charge in [-0.25, -0.2) is 9.78 Å². The van der Waals surface area contributed by atoms with Crippen LogP contribution in [-0.4, -0.2) is 39.9 Å². The molecular weight excluding hydrogens is 384 g/mol. The third-order valence-corrected chi connectivity index (χ3v) is 5.97. The molecule has 1 saturated heterocycles. The normalized spacial score (nSPS) is 23.8. The summed E-state index contributed by atoms with van der Waals surface area (Å²) in [6, 6.07) is 0.0209. The first-order valence-corrected chi connectivity index (χ1v) is 9.58. The third kappa shape index (κ3) is 3.02. The fourth-order valence-corrected chi connectivity index (χ4v) is 4.64. The predicted octanol–water partition coefficient (Wildman–Crippen LogP) is 2.47. The largest absolute Gasteiger partial charge is 0.511 e. The molecule has 0 spiro atoms. The van der Waals surface area contributed by atoms with Gasteiger partial charge in [0.2, 0.25) is 5.43 Å². The lowest BCUT2D eigenvalue weighted by Crippen LogP contribution is -2.35. The van der Waals surface area contributed by atoms with E-state index in [1.54, 1.807) is 4.57 Å². The van der Waals surface area contributed by atoms with Gasteiger partial charge in [-0.1, -0.05) is 23.8 Å². The molecule has 8 nitrogen and oxygen atoms in total. The molecule has 0 aromatic carbocycles. The fourth-order valence-electron chi connectivity index (χ4n) is 4.26. The number of pyridine rings is 2. The molecule has 28 heavy (non-hydrogen) atoms. The number of hydrogen-bond acceptors (Lipinski definition) is 6. The van der Waals surface area contributed by atoms with Gasteiger partial charge in [0.15, 0.2) is 5.75 Å². The van der Waals surface area contributed by atoms with Crippen molar-refractivity contribution >= 4 is 34.5 Å². The van der Waals surface area contributed by atoms with Crippen LogP contribution in [0.4, 0.5) is 10.6 Å². The summed E-state index contributed by atoms with van der Waals surface area (Å²) in [4.78, 5) is 30.1. The first kappa shape index (κ1) is 18.8. The van der Waals surface area contributed by atoms with Gasteiger partial charge in [0.25, 0.3) is 0 Å². The first-order chi connectivity index (χ1) is 13.4. The van der Waals surface area contributed by atoms with Crippen molar-refractivity contribution < 1.29 is 14.6 Å². The number of allylic oxidation sites excluding steroid dienone is 1. The first-order valence-electron chi connectivity index (χ1n) is 9.20. The quantitative estimate of drug-likeness (QED) is 0.597. The maximum absolute atomic E-state index is 12.6. The molecule has 9 heteroatoms. The number of aromatic nitrogens is 2. The Hall–Kier alpha value is -2.58. The van der Waals surface area contributed by atoms with Crippen LogP contribution in [0.5, 0.6) is 5.75 Å². The fraction of sp³-hybridized carbons (Fsp3) is 0.421. The smallest absolute Gasteiger partial charge is 0.449 e. The van der Waals surface area contributed by atoms with Crippen molar-refractivity contribution in [3.8, 4) is 5.75 Å². The Morgan fingerprint density at radius 2 is 2.25 bits per heavy atom. The summed E-state index contributed by atoms with van der Waals surface area (Å²) >= 11 is 6.70. The van der Waals surface area contributed by atoms with Gasteiger partial charge in [0, 0.05) is 31.9 Å². The van der Waals surface area contributed by atoms with Gasteiger partial charge in [-0.2, -0.15) is 0 Å². The number of ether oxygens (including phenoxy) is 1. The van der Waals surface area contributed by atoms with E-state index in [1.807, 2.05) is 6.92 Å². The van der Waals surface area contributed by atoms with E-state index in [-0.39, 0.29) is 17.2 Å². The average molecular weight is 405 g/mol. The van der Waals surface area contributed by atoms with Crippen LogP contribution in [0.3, 0.4) is 0 Å². The van der Waals surface area contributed by atoms with Crippen LogP contribution in [0.2, 0.25) is 5.02 Å². The van der Waals surface area contributed by atoms with E-state index in [2.05, 4.69) is 26.8 Å². The van der Waals surface area contributed by atoms with Crippen molar-refractivity contribution in [2.24, 2.45) is 17.6 Å². The van der Waals surface area contributed by atoms with Crippen LogP contribution in [-0.2, 0) is 6.54 Å². The summed E-state index contributed by atoms with van der Waals surface area (Å²) in [6.07, 6.45) is 6.44. The minimum absolute atomic E-state index is 0.0209. The lowest BCUT2D eigenvalue weighted by molar-refractivity contribution is 0.144. The second kappa shape index (κ2) is 7.10. The molecule has 0 amide bonds. The zero-order valence-corrected chi connectivity index (χ0v) is 16.1. The van der Waals surface area contributed by atoms with Crippen molar-refractivity contribution in [2.75, 3.05) is 18.0 Å². The molecule has 0 bridgehead atoms. The number of nitrogens with zero attached hydrogens (tertiary/aromatic N) is 3. The summed E-state index contributed by atoms with van der Waals surface area (Å²) in [6.45, 7) is 3.92. The van der Waals surface area contributed by atoms with Gasteiger partial charge >= 0.3 is 6.16 Å².